The van der Waals surface area contributed by atoms with Gasteiger partial charge in [0.05, 0.1) is 6.54 Å². The Morgan fingerprint density at radius 1 is 1.25 bits per heavy atom. The van der Waals surface area contributed by atoms with Crippen LogP contribution in [-0.2, 0) is 0 Å². The van der Waals surface area contributed by atoms with E-state index in [1.807, 2.05) is 0 Å². The van der Waals surface area contributed by atoms with Crippen LogP contribution in [0.2, 0.25) is 0 Å². The highest BCUT2D eigenvalue weighted by molar-refractivity contribution is 7.80. The molecule has 1 fully saturated rings. The average Bonchev–Trinajstić information content (AvgIpc) is 2.46. The fraction of sp³-hybridized carbons (Fsp3) is 0.533. The third-order valence-corrected chi connectivity index (χ3v) is 3.68. The first-order chi connectivity index (χ1) is 9.75. The number of para-hydroxylation sites is 1. The fourth-order valence-electron chi connectivity index (χ4n) is 2.37. The van der Waals surface area contributed by atoms with Crippen molar-refractivity contribution in [2.45, 2.75) is 38.1 Å². The number of halogens is 1. The SMILES string of the molecule is Fc1ccccc1OCCNC(=S)NC1CCCCC1. The molecule has 0 amide bonds. The van der Waals surface area contributed by atoms with Crippen LogP contribution >= 0.6 is 12.2 Å². The summed E-state index contributed by atoms with van der Waals surface area (Å²) in [6.07, 6.45) is 6.25. The van der Waals surface area contributed by atoms with Crippen molar-refractivity contribution in [2.75, 3.05) is 13.2 Å². The second-order valence-corrected chi connectivity index (χ2v) is 5.42. The third kappa shape index (κ3) is 4.96. The van der Waals surface area contributed by atoms with Gasteiger partial charge in [-0.3, -0.25) is 0 Å². The van der Waals surface area contributed by atoms with Gasteiger partial charge >= 0.3 is 0 Å². The molecular weight excluding hydrogens is 275 g/mol. The topological polar surface area (TPSA) is 33.3 Å². The smallest absolute Gasteiger partial charge is 0.166 e. The van der Waals surface area contributed by atoms with Crippen LogP contribution in [0.4, 0.5) is 4.39 Å². The van der Waals surface area contributed by atoms with Crippen LogP contribution in [0.15, 0.2) is 24.3 Å². The van der Waals surface area contributed by atoms with Crippen LogP contribution in [0.3, 0.4) is 0 Å². The molecule has 0 saturated heterocycles. The van der Waals surface area contributed by atoms with E-state index in [2.05, 4.69) is 10.6 Å². The van der Waals surface area contributed by atoms with E-state index in [9.17, 15) is 4.39 Å². The van der Waals surface area contributed by atoms with Gasteiger partial charge in [0.25, 0.3) is 0 Å². The maximum Gasteiger partial charge on any atom is 0.166 e. The summed E-state index contributed by atoms with van der Waals surface area (Å²) in [6.45, 7) is 0.945. The number of nitrogens with one attached hydrogen (secondary N) is 2. The summed E-state index contributed by atoms with van der Waals surface area (Å²) < 4.78 is 18.7. The normalized spacial score (nSPS) is 15.7. The largest absolute Gasteiger partial charge is 0.489 e. The van der Waals surface area contributed by atoms with E-state index in [4.69, 9.17) is 17.0 Å². The summed E-state index contributed by atoms with van der Waals surface area (Å²) in [6, 6.07) is 6.90. The van der Waals surface area contributed by atoms with E-state index in [1.165, 1.54) is 38.2 Å². The van der Waals surface area contributed by atoms with Gasteiger partial charge in [0.15, 0.2) is 16.7 Å². The zero-order valence-electron chi connectivity index (χ0n) is 11.5. The number of benzene rings is 1. The molecule has 2 N–H and O–H groups in total. The van der Waals surface area contributed by atoms with Crippen LogP contribution in [0.5, 0.6) is 5.75 Å². The highest BCUT2D eigenvalue weighted by Crippen LogP contribution is 2.17. The lowest BCUT2D eigenvalue weighted by Gasteiger charge is -2.24. The number of thiocarbonyl (C=S) groups is 1. The molecule has 1 aromatic carbocycles. The molecule has 1 saturated carbocycles. The van der Waals surface area contributed by atoms with E-state index in [-0.39, 0.29) is 11.6 Å². The average molecular weight is 296 g/mol. The number of ether oxygens (including phenoxy) is 1. The fourth-order valence-corrected chi connectivity index (χ4v) is 2.64. The Morgan fingerprint density at radius 2 is 2.00 bits per heavy atom. The lowest BCUT2D eigenvalue weighted by atomic mass is 9.96. The van der Waals surface area contributed by atoms with E-state index >= 15 is 0 Å². The van der Waals surface area contributed by atoms with Crippen LogP contribution in [0.1, 0.15) is 32.1 Å². The molecule has 0 radical (unpaired) electrons. The van der Waals surface area contributed by atoms with E-state index in [0.29, 0.717) is 24.3 Å². The molecule has 0 aliphatic heterocycles. The summed E-state index contributed by atoms with van der Waals surface area (Å²) >= 11 is 5.24. The summed E-state index contributed by atoms with van der Waals surface area (Å²) in [7, 11) is 0. The lowest BCUT2D eigenvalue weighted by molar-refractivity contribution is 0.305. The minimum atomic E-state index is -0.338. The molecule has 0 unspecified atom stereocenters. The number of hydrogen-bond acceptors (Lipinski definition) is 2. The minimum absolute atomic E-state index is 0.278. The molecule has 1 aliphatic carbocycles. The molecule has 5 heteroatoms. The van der Waals surface area contributed by atoms with Crippen LogP contribution in [-0.4, -0.2) is 24.3 Å². The minimum Gasteiger partial charge on any atom is -0.489 e. The zero-order chi connectivity index (χ0) is 14.2. The molecule has 0 spiro atoms. The first kappa shape index (κ1) is 15.0. The predicted octanol–water partition coefficient (Wildman–Crippen LogP) is 3.00. The highest BCUT2D eigenvalue weighted by Gasteiger charge is 2.13. The molecular formula is C15H21FN2OS. The van der Waals surface area contributed by atoms with Crippen molar-refractivity contribution >= 4 is 17.3 Å². The lowest BCUT2D eigenvalue weighted by Crippen LogP contribution is -2.43. The first-order valence-electron chi connectivity index (χ1n) is 7.17. The van der Waals surface area contributed by atoms with Crippen molar-refractivity contribution in [3.8, 4) is 5.75 Å². The van der Waals surface area contributed by atoms with Gasteiger partial charge in [-0.2, -0.15) is 0 Å². The van der Waals surface area contributed by atoms with Gasteiger partial charge in [0, 0.05) is 6.04 Å². The van der Waals surface area contributed by atoms with Gasteiger partial charge in [-0.1, -0.05) is 31.4 Å². The zero-order valence-corrected chi connectivity index (χ0v) is 12.3. The quantitative estimate of drug-likeness (QED) is 0.646. The number of hydrogen-bond donors (Lipinski definition) is 2. The number of rotatable bonds is 5. The van der Waals surface area contributed by atoms with Gasteiger partial charge in [-0.15, -0.1) is 0 Å². The molecule has 1 aromatic rings. The Bertz CT molecular complexity index is 436. The first-order valence-corrected chi connectivity index (χ1v) is 7.58. The molecule has 0 heterocycles. The molecule has 2 rings (SSSR count). The monoisotopic (exact) mass is 296 g/mol. The molecule has 110 valence electrons. The molecule has 0 atom stereocenters. The maximum atomic E-state index is 13.3. The Morgan fingerprint density at radius 3 is 2.75 bits per heavy atom. The molecule has 1 aliphatic rings. The van der Waals surface area contributed by atoms with Gasteiger partial charge < -0.3 is 15.4 Å². The van der Waals surface area contributed by atoms with Crippen LogP contribution < -0.4 is 15.4 Å². The molecule has 0 bridgehead atoms. The van der Waals surface area contributed by atoms with Gasteiger partial charge in [-0.25, -0.2) is 4.39 Å². The Labute approximate surface area is 124 Å². The summed E-state index contributed by atoms with van der Waals surface area (Å²) in [5, 5.41) is 7.07. The van der Waals surface area contributed by atoms with Crippen LogP contribution in [0, 0.1) is 5.82 Å². The second kappa shape index (κ2) is 8.04. The van der Waals surface area contributed by atoms with E-state index in [1.54, 1.807) is 18.2 Å². The van der Waals surface area contributed by atoms with Crippen molar-refractivity contribution in [3.05, 3.63) is 30.1 Å². The summed E-state index contributed by atoms with van der Waals surface area (Å²) in [4.78, 5) is 0. The van der Waals surface area contributed by atoms with Gasteiger partial charge in [0.2, 0.25) is 0 Å². The van der Waals surface area contributed by atoms with Crippen molar-refractivity contribution in [1.82, 2.24) is 10.6 Å². The van der Waals surface area contributed by atoms with Crippen molar-refractivity contribution in [2.24, 2.45) is 0 Å². The van der Waals surface area contributed by atoms with Crippen molar-refractivity contribution < 1.29 is 9.13 Å². The molecule has 3 nitrogen and oxygen atoms in total. The maximum absolute atomic E-state index is 13.3. The summed E-state index contributed by atoms with van der Waals surface area (Å²) in [5.41, 5.74) is 0. The molecule has 0 aromatic heterocycles. The predicted molar refractivity (Wildman–Crippen MR) is 82.5 cm³/mol. The van der Waals surface area contributed by atoms with Gasteiger partial charge in [0.1, 0.15) is 6.61 Å². The van der Waals surface area contributed by atoms with Crippen molar-refractivity contribution in [1.29, 1.82) is 0 Å². The Kier molecular flexibility index (Phi) is 6.05. The van der Waals surface area contributed by atoms with Crippen molar-refractivity contribution in [3.63, 3.8) is 0 Å². The second-order valence-electron chi connectivity index (χ2n) is 5.01. The van der Waals surface area contributed by atoms with Crippen LogP contribution in [0.25, 0.3) is 0 Å². The van der Waals surface area contributed by atoms with E-state index < -0.39 is 0 Å². The molecule has 20 heavy (non-hydrogen) atoms. The third-order valence-electron chi connectivity index (χ3n) is 3.42. The Balaban J connectivity index is 1.60. The summed E-state index contributed by atoms with van der Waals surface area (Å²) in [5.74, 6) is -0.0594. The van der Waals surface area contributed by atoms with Gasteiger partial charge in [-0.05, 0) is 37.2 Å². The Hall–Kier alpha value is -1.36. The standard InChI is InChI=1S/C15H21FN2OS/c16-13-8-4-5-9-14(13)19-11-10-17-15(20)18-12-6-2-1-3-7-12/h4-5,8-9,12H,1-3,6-7,10-11H2,(H2,17,18,20). The van der Waals surface area contributed by atoms with E-state index in [0.717, 1.165) is 0 Å². The highest BCUT2D eigenvalue weighted by atomic mass is 32.1.